The van der Waals surface area contributed by atoms with Crippen molar-refractivity contribution >= 4 is 22.6 Å². The largest absolute Gasteiger partial charge is 0.494 e. The maximum Gasteiger partial charge on any atom is 0.331 e. The topological polar surface area (TPSA) is 130 Å². The van der Waals surface area contributed by atoms with Crippen molar-refractivity contribution < 1.29 is 14.6 Å². The number of para-hydroxylation sites is 1. The third kappa shape index (κ3) is 4.35. The van der Waals surface area contributed by atoms with Gasteiger partial charge in [-0.1, -0.05) is 31.2 Å². The Bertz CT molecular complexity index is 1260. The van der Waals surface area contributed by atoms with E-state index < -0.39 is 29.1 Å². The molecule has 0 saturated heterocycles. The van der Waals surface area contributed by atoms with E-state index in [4.69, 9.17) is 4.74 Å². The minimum atomic E-state index is -0.947. The van der Waals surface area contributed by atoms with Crippen molar-refractivity contribution in [2.24, 2.45) is 4.99 Å². The smallest absolute Gasteiger partial charge is 0.331 e. The van der Waals surface area contributed by atoms with Crippen LogP contribution < -0.4 is 11.2 Å². The Hall–Kier alpha value is -3.88. The average Bonchev–Trinajstić information content (AvgIpc) is 3.17. The number of H-pyrrole nitrogens is 2. The number of hydrogen-bond donors (Lipinski definition) is 3. The lowest BCUT2D eigenvalue weighted by atomic mass is 10.0. The van der Waals surface area contributed by atoms with Crippen molar-refractivity contribution in [1.82, 2.24) is 14.5 Å². The quantitative estimate of drug-likeness (QED) is 0.289. The van der Waals surface area contributed by atoms with Crippen LogP contribution in [0.25, 0.3) is 10.9 Å². The van der Waals surface area contributed by atoms with E-state index in [1.807, 2.05) is 24.3 Å². The predicted molar refractivity (Wildman–Crippen MR) is 118 cm³/mol. The monoisotopic (exact) mass is 424 g/mol. The van der Waals surface area contributed by atoms with Crippen molar-refractivity contribution in [3.8, 4) is 5.88 Å². The van der Waals surface area contributed by atoms with Crippen LogP contribution in [-0.2, 0) is 22.5 Å². The number of aromatic hydroxyl groups is 1. The molecule has 3 N–H and O–H groups in total. The van der Waals surface area contributed by atoms with Gasteiger partial charge < -0.3 is 14.8 Å². The van der Waals surface area contributed by atoms with Crippen molar-refractivity contribution in [3.63, 3.8) is 0 Å². The molecule has 9 nitrogen and oxygen atoms in total. The van der Waals surface area contributed by atoms with Gasteiger partial charge in [0, 0.05) is 30.1 Å². The number of carbonyl (C=O) groups is 1. The highest BCUT2D eigenvalue weighted by Gasteiger charge is 2.24. The van der Waals surface area contributed by atoms with Crippen molar-refractivity contribution in [2.45, 2.75) is 32.4 Å². The number of aromatic nitrogens is 3. The van der Waals surface area contributed by atoms with Crippen LogP contribution in [0.1, 0.15) is 24.5 Å². The van der Waals surface area contributed by atoms with Gasteiger partial charge in [-0.3, -0.25) is 19.3 Å². The molecule has 0 spiro atoms. The summed E-state index contributed by atoms with van der Waals surface area (Å²) in [6, 6.07) is 6.71. The summed E-state index contributed by atoms with van der Waals surface area (Å²) < 4.78 is 5.90. The standard InChI is InChI=1S/C22H24N4O5/c1-4-10-26-20(28)18(19(27)25-22(26)30)15(5-2)24-17(21(29)31-3)11-13-12-23-16-9-7-6-8-14(13)16/h4,6-9,12,17,23,28H,1,5,10-11H2,2-3H3,(H,25,27,30)/t17-/m0/s1. The Balaban J connectivity index is 2.10. The fourth-order valence-corrected chi connectivity index (χ4v) is 3.47. The number of esters is 1. The number of carbonyl (C=O) groups excluding carboxylic acids is 1. The Morgan fingerprint density at radius 3 is 2.77 bits per heavy atom. The molecule has 0 saturated carbocycles. The molecule has 0 amide bonds. The van der Waals surface area contributed by atoms with Crippen molar-refractivity contribution in [2.75, 3.05) is 7.11 Å². The van der Waals surface area contributed by atoms with Crippen molar-refractivity contribution in [3.05, 3.63) is 75.1 Å². The summed E-state index contributed by atoms with van der Waals surface area (Å²) in [4.78, 5) is 46.8. The molecule has 0 bridgehead atoms. The number of methoxy groups -OCH3 is 1. The zero-order valence-corrected chi connectivity index (χ0v) is 17.3. The molecule has 0 aliphatic heterocycles. The van der Waals surface area contributed by atoms with Crippen LogP contribution in [0.4, 0.5) is 0 Å². The first kappa shape index (κ1) is 21.8. The van der Waals surface area contributed by atoms with Gasteiger partial charge in [0.2, 0.25) is 5.88 Å². The number of fused-ring (bicyclic) bond motifs is 1. The Kier molecular flexibility index (Phi) is 6.54. The number of aliphatic imine (C=N–C) groups is 1. The summed E-state index contributed by atoms with van der Waals surface area (Å²) >= 11 is 0. The van der Waals surface area contributed by atoms with Crippen LogP contribution in [0, 0.1) is 0 Å². The molecule has 9 heteroatoms. The van der Waals surface area contributed by atoms with Gasteiger partial charge in [0.25, 0.3) is 5.56 Å². The lowest BCUT2D eigenvalue weighted by Crippen LogP contribution is -2.34. The molecule has 162 valence electrons. The van der Waals surface area contributed by atoms with Crippen LogP contribution in [0.5, 0.6) is 5.88 Å². The summed E-state index contributed by atoms with van der Waals surface area (Å²) in [6.07, 6.45) is 3.69. The van der Waals surface area contributed by atoms with Crippen LogP contribution in [0.15, 0.2) is 57.7 Å². The van der Waals surface area contributed by atoms with Gasteiger partial charge in [-0.2, -0.15) is 0 Å². The molecule has 3 rings (SSSR count). The molecule has 0 fully saturated rings. The second-order valence-electron chi connectivity index (χ2n) is 6.89. The van der Waals surface area contributed by atoms with Gasteiger partial charge in [-0.15, -0.1) is 6.58 Å². The molecule has 2 heterocycles. The third-order valence-electron chi connectivity index (χ3n) is 4.98. The number of allylic oxidation sites excluding steroid dienone is 1. The summed E-state index contributed by atoms with van der Waals surface area (Å²) in [7, 11) is 1.26. The number of ether oxygens (including phenoxy) is 1. The second kappa shape index (κ2) is 9.29. The van der Waals surface area contributed by atoms with Crippen molar-refractivity contribution in [1.29, 1.82) is 0 Å². The molecule has 0 radical (unpaired) electrons. The summed E-state index contributed by atoms with van der Waals surface area (Å²) in [5, 5.41) is 11.5. The van der Waals surface area contributed by atoms with Crippen LogP contribution >= 0.6 is 0 Å². The van der Waals surface area contributed by atoms with Gasteiger partial charge in [0.05, 0.1) is 12.8 Å². The SMILES string of the molecule is C=CCn1c(O)c(C(CC)=N[C@@H](Cc2c[nH]c3ccccc23)C(=O)OC)c(=O)[nH]c1=O. The number of hydrogen-bond acceptors (Lipinski definition) is 6. The van der Waals surface area contributed by atoms with Crippen LogP contribution in [0.3, 0.4) is 0 Å². The molecular weight excluding hydrogens is 400 g/mol. The number of nitrogens with one attached hydrogen (secondary N) is 2. The van der Waals surface area contributed by atoms with E-state index in [9.17, 15) is 19.5 Å². The van der Waals surface area contributed by atoms with Gasteiger partial charge >= 0.3 is 11.7 Å². The van der Waals surface area contributed by atoms with E-state index in [0.29, 0.717) is 0 Å². The molecule has 0 unspecified atom stereocenters. The molecule has 3 aromatic rings. The van der Waals surface area contributed by atoms with Gasteiger partial charge in [0.1, 0.15) is 5.56 Å². The fourth-order valence-electron chi connectivity index (χ4n) is 3.47. The Morgan fingerprint density at radius 2 is 2.10 bits per heavy atom. The lowest BCUT2D eigenvalue weighted by Gasteiger charge is -2.15. The van der Waals surface area contributed by atoms with E-state index in [1.54, 1.807) is 13.1 Å². The third-order valence-corrected chi connectivity index (χ3v) is 4.98. The molecule has 0 aliphatic carbocycles. The lowest BCUT2D eigenvalue weighted by molar-refractivity contribution is -0.142. The Labute approximate surface area is 177 Å². The first-order chi connectivity index (χ1) is 14.9. The zero-order valence-electron chi connectivity index (χ0n) is 17.3. The van der Waals surface area contributed by atoms with Crippen LogP contribution in [-0.4, -0.2) is 44.5 Å². The number of aromatic amines is 2. The first-order valence-corrected chi connectivity index (χ1v) is 9.78. The van der Waals surface area contributed by atoms with Gasteiger partial charge in [-0.05, 0) is 18.1 Å². The van der Waals surface area contributed by atoms with E-state index in [-0.39, 0.29) is 30.7 Å². The highest BCUT2D eigenvalue weighted by molar-refractivity contribution is 6.03. The number of nitrogens with zero attached hydrogens (tertiary/aromatic N) is 2. The molecule has 1 aromatic carbocycles. The second-order valence-corrected chi connectivity index (χ2v) is 6.89. The highest BCUT2D eigenvalue weighted by atomic mass is 16.5. The predicted octanol–water partition coefficient (Wildman–Crippen LogP) is 1.89. The highest BCUT2D eigenvalue weighted by Crippen LogP contribution is 2.21. The summed E-state index contributed by atoms with van der Waals surface area (Å²) in [5.41, 5.74) is 0.277. The van der Waals surface area contributed by atoms with E-state index >= 15 is 0 Å². The molecule has 0 aliphatic rings. The minimum absolute atomic E-state index is 0.00120. The fraction of sp³-hybridized carbons (Fsp3) is 0.273. The van der Waals surface area contributed by atoms with Gasteiger partial charge in [-0.25, -0.2) is 9.59 Å². The minimum Gasteiger partial charge on any atom is -0.494 e. The molecule has 1 atom stereocenters. The van der Waals surface area contributed by atoms with E-state index in [1.165, 1.54) is 13.2 Å². The van der Waals surface area contributed by atoms with E-state index in [0.717, 1.165) is 21.0 Å². The molecule has 31 heavy (non-hydrogen) atoms. The number of rotatable bonds is 8. The Morgan fingerprint density at radius 1 is 1.35 bits per heavy atom. The molecular formula is C22H24N4O5. The zero-order chi connectivity index (χ0) is 22.5. The maximum atomic E-state index is 12.5. The number of benzene rings is 1. The summed E-state index contributed by atoms with van der Waals surface area (Å²) in [5.74, 6) is -1.10. The van der Waals surface area contributed by atoms with Gasteiger partial charge in [0.15, 0.2) is 6.04 Å². The normalized spacial score (nSPS) is 12.6. The summed E-state index contributed by atoms with van der Waals surface area (Å²) in [6.45, 7) is 5.29. The molecule has 2 aromatic heterocycles. The van der Waals surface area contributed by atoms with Crippen LogP contribution in [0.2, 0.25) is 0 Å². The maximum absolute atomic E-state index is 12.5. The first-order valence-electron chi connectivity index (χ1n) is 9.78. The average molecular weight is 424 g/mol. The van der Waals surface area contributed by atoms with E-state index in [2.05, 4.69) is 21.5 Å².